The number of amides is 2. The molecule has 0 saturated carbocycles. The van der Waals surface area contributed by atoms with E-state index in [4.69, 9.17) is 0 Å². The van der Waals surface area contributed by atoms with Crippen LogP contribution in [0.2, 0.25) is 0 Å². The van der Waals surface area contributed by atoms with Gasteiger partial charge in [0.15, 0.2) is 17.4 Å². The molecule has 0 N–H and O–H groups in total. The second kappa shape index (κ2) is 8.99. The van der Waals surface area contributed by atoms with Crippen LogP contribution >= 0.6 is 0 Å². The summed E-state index contributed by atoms with van der Waals surface area (Å²) in [5.41, 5.74) is 1.90. The summed E-state index contributed by atoms with van der Waals surface area (Å²) in [6.45, 7) is 1.47. The van der Waals surface area contributed by atoms with Gasteiger partial charge in [-0.3, -0.25) is 14.7 Å². The van der Waals surface area contributed by atoms with E-state index < -0.39 is 11.6 Å². The third kappa shape index (κ3) is 4.74. The topological polar surface area (TPSA) is 66.4 Å². The van der Waals surface area contributed by atoms with E-state index >= 15 is 0 Å². The quantitative estimate of drug-likeness (QED) is 0.540. The zero-order valence-electron chi connectivity index (χ0n) is 16.7. The second-order valence-electron chi connectivity index (χ2n) is 7.29. The van der Waals surface area contributed by atoms with E-state index in [2.05, 4.69) is 9.97 Å². The fourth-order valence-electron chi connectivity index (χ4n) is 3.49. The van der Waals surface area contributed by atoms with E-state index in [0.29, 0.717) is 36.6 Å². The fourth-order valence-corrected chi connectivity index (χ4v) is 3.49. The molecule has 4 rings (SSSR count). The number of pyridine rings is 2. The lowest BCUT2D eigenvalue weighted by molar-refractivity contribution is 0.0982. The highest BCUT2D eigenvalue weighted by molar-refractivity contribution is 5.98. The minimum absolute atomic E-state index is 0.135. The SMILES string of the molecule is O=C(CCc1ccc(F)c(F)c1)c1ccnc(N2CCN(Cc3cccnc3)C2=O)c1. The van der Waals surface area contributed by atoms with Crippen LogP contribution in [0.5, 0.6) is 0 Å². The second-order valence-corrected chi connectivity index (χ2v) is 7.29. The predicted molar refractivity (Wildman–Crippen MR) is 111 cm³/mol. The maximum Gasteiger partial charge on any atom is 0.326 e. The van der Waals surface area contributed by atoms with Crippen molar-refractivity contribution in [3.05, 3.63) is 89.4 Å². The van der Waals surface area contributed by atoms with Gasteiger partial charge in [-0.2, -0.15) is 0 Å². The lowest BCUT2D eigenvalue weighted by atomic mass is 10.0. The van der Waals surface area contributed by atoms with Gasteiger partial charge < -0.3 is 4.90 Å². The summed E-state index contributed by atoms with van der Waals surface area (Å²) in [5, 5.41) is 0. The summed E-state index contributed by atoms with van der Waals surface area (Å²) >= 11 is 0. The number of anilines is 1. The summed E-state index contributed by atoms with van der Waals surface area (Å²) in [6, 6.07) is 10.4. The summed E-state index contributed by atoms with van der Waals surface area (Å²) in [6.07, 6.45) is 5.32. The zero-order chi connectivity index (χ0) is 21.8. The number of nitrogens with zero attached hydrogens (tertiary/aromatic N) is 4. The number of urea groups is 1. The number of halogens is 2. The number of carbonyl (C=O) groups is 2. The average molecular weight is 422 g/mol. The van der Waals surface area contributed by atoms with E-state index in [1.54, 1.807) is 34.3 Å². The van der Waals surface area contributed by atoms with Crippen LogP contribution in [0.15, 0.2) is 61.1 Å². The molecular formula is C23H20F2N4O2. The lowest BCUT2D eigenvalue weighted by Gasteiger charge is -2.18. The number of carbonyl (C=O) groups excluding carboxylic acids is 2. The number of rotatable bonds is 7. The van der Waals surface area contributed by atoms with Gasteiger partial charge in [0, 0.05) is 50.2 Å². The van der Waals surface area contributed by atoms with Crippen molar-refractivity contribution >= 4 is 17.6 Å². The van der Waals surface area contributed by atoms with Gasteiger partial charge in [-0.25, -0.2) is 18.6 Å². The first-order valence-electron chi connectivity index (χ1n) is 9.90. The van der Waals surface area contributed by atoms with Gasteiger partial charge in [-0.15, -0.1) is 0 Å². The van der Waals surface area contributed by atoms with Crippen molar-refractivity contribution in [3.8, 4) is 0 Å². The molecule has 1 aromatic carbocycles. The first-order chi connectivity index (χ1) is 15.0. The monoisotopic (exact) mass is 422 g/mol. The Bertz CT molecular complexity index is 1110. The van der Waals surface area contributed by atoms with Crippen molar-refractivity contribution in [2.24, 2.45) is 0 Å². The van der Waals surface area contributed by atoms with Gasteiger partial charge in [0.2, 0.25) is 0 Å². The number of Topliss-reactive ketones (excluding diaryl/α,β-unsaturated/α-hetero) is 1. The Kier molecular flexibility index (Phi) is 5.97. The molecule has 0 radical (unpaired) electrons. The maximum atomic E-state index is 13.3. The Morgan fingerprint density at radius 2 is 1.87 bits per heavy atom. The minimum Gasteiger partial charge on any atom is -0.318 e. The van der Waals surface area contributed by atoms with Gasteiger partial charge in [0.1, 0.15) is 5.82 Å². The van der Waals surface area contributed by atoms with Gasteiger partial charge in [-0.1, -0.05) is 12.1 Å². The standard InChI is InChI=1S/C23H20F2N4O2/c24-19-5-3-16(12-20(19)25)4-6-21(30)18-7-9-27-22(13-18)29-11-10-28(23(29)31)15-17-2-1-8-26-14-17/h1-3,5,7-9,12-14H,4,6,10-11,15H2. The third-order valence-corrected chi connectivity index (χ3v) is 5.16. The zero-order valence-corrected chi connectivity index (χ0v) is 16.7. The largest absolute Gasteiger partial charge is 0.326 e. The molecule has 8 heteroatoms. The summed E-state index contributed by atoms with van der Waals surface area (Å²) in [4.78, 5) is 37.0. The molecule has 0 aliphatic carbocycles. The molecule has 1 aliphatic rings. The van der Waals surface area contributed by atoms with Crippen LogP contribution in [-0.2, 0) is 13.0 Å². The van der Waals surface area contributed by atoms with Crippen molar-refractivity contribution < 1.29 is 18.4 Å². The van der Waals surface area contributed by atoms with E-state index in [1.807, 2.05) is 12.1 Å². The highest BCUT2D eigenvalue weighted by Crippen LogP contribution is 2.21. The number of aromatic nitrogens is 2. The van der Waals surface area contributed by atoms with Crippen LogP contribution in [0.1, 0.15) is 27.9 Å². The molecule has 0 atom stereocenters. The molecule has 0 spiro atoms. The van der Waals surface area contributed by atoms with Crippen LogP contribution in [0, 0.1) is 11.6 Å². The Labute approximate surface area is 178 Å². The van der Waals surface area contributed by atoms with E-state index in [-0.39, 0.29) is 24.7 Å². The molecule has 3 heterocycles. The molecular weight excluding hydrogens is 402 g/mol. The molecule has 1 fully saturated rings. The van der Waals surface area contributed by atoms with Crippen molar-refractivity contribution in [2.75, 3.05) is 18.0 Å². The van der Waals surface area contributed by atoms with Gasteiger partial charge >= 0.3 is 6.03 Å². The molecule has 1 aliphatic heterocycles. The van der Waals surface area contributed by atoms with Gasteiger partial charge in [0.25, 0.3) is 0 Å². The molecule has 158 valence electrons. The summed E-state index contributed by atoms with van der Waals surface area (Å²) in [5.74, 6) is -1.59. The van der Waals surface area contributed by atoms with E-state index in [0.717, 1.165) is 17.7 Å². The summed E-state index contributed by atoms with van der Waals surface area (Å²) < 4.78 is 26.4. The number of hydrogen-bond acceptors (Lipinski definition) is 4. The van der Waals surface area contributed by atoms with Gasteiger partial charge in [0.05, 0.1) is 0 Å². The number of ketones is 1. The number of aryl methyl sites for hydroxylation is 1. The van der Waals surface area contributed by atoms with Crippen LogP contribution in [0.25, 0.3) is 0 Å². The normalized spacial score (nSPS) is 13.7. The predicted octanol–water partition coefficient (Wildman–Crippen LogP) is 4.01. The van der Waals surface area contributed by atoms with Crippen molar-refractivity contribution in [2.45, 2.75) is 19.4 Å². The van der Waals surface area contributed by atoms with Crippen LogP contribution in [-0.4, -0.2) is 39.8 Å². The Morgan fingerprint density at radius 1 is 1.00 bits per heavy atom. The van der Waals surface area contributed by atoms with E-state index in [9.17, 15) is 18.4 Å². The maximum absolute atomic E-state index is 13.3. The van der Waals surface area contributed by atoms with Crippen LogP contribution in [0.3, 0.4) is 0 Å². The average Bonchev–Trinajstić information content (AvgIpc) is 3.15. The van der Waals surface area contributed by atoms with E-state index in [1.165, 1.54) is 12.3 Å². The van der Waals surface area contributed by atoms with Crippen LogP contribution in [0.4, 0.5) is 19.4 Å². The summed E-state index contributed by atoms with van der Waals surface area (Å²) in [7, 11) is 0. The fraction of sp³-hybridized carbons (Fsp3) is 0.217. The molecule has 1 saturated heterocycles. The number of hydrogen-bond donors (Lipinski definition) is 0. The first kappa shape index (κ1) is 20.6. The first-order valence-corrected chi connectivity index (χ1v) is 9.90. The smallest absolute Gasteiger partial charge is 0.318 e. The molecule has 2 aromatic heterocycles. The third-order valence-electron chi connectivity index (χ3n) is 5.16. The Balaban J connectivity index is 1.41. The molecule has 0 unspecified atom stereocenters. The Morgan fingerprint density at radius 3 is 2.65 bits per heavy atom. The van der Waals surface area contributed by atoms with Gasteiger partial charge in [-0.05, 0) is 47.9 Å². The molecule has 2 amide bonds. The molecule has 31 heavy (non-hydrogen) atoms. The van der Waals surface area contributed by atoms with Crippen molar-refractivity contribution in [3.63, 3.8) is 0 Å². The minimum atomic E-state index is -0.931. The van der Waals surface area contributed by atoms with Crippen LogP contribution < -0.4 is 4.90 Å². The molecule has 0 bridgehead atoms. The molecule has 6 nitrogen and oxygen atoms in total. The highest BCUT2D eigenvalue weighted by atomic mass is 19.2. The number of benzene rings is 1. The van der Waals surface area contributed by atoms with Crippen molar-refractivity contribution in [1.82, 2.24) is 14.9 Å². The highest BCUT2D eigenvalue weighted by Gasteiger charge is 2.30. The molecule has 3 aromatic rings. The lowest BCUT2D eigenvalue weighted by Crippen LogP contribution is -2.32. The Hall–Kier alpha value is -3.68. The van der Waals surface area contributed by atoms with Crippen molar-refractivity contribution in [1.29, 1.82) is 0 Å².